The first kappa shape index (κ1) is 22.4. The van der Waals surface area contributed by atoms with Gasteiger partial charge in [-0.3, -0.25) is 10.2 Å². The lowest BCUT2D eigenvalue weighted by Crippen LogP contribution is -2.40. The number of carbonyl (C=O) groups excluding carboxylic acids is 1. The summed E-state index contributed by atoms with van der Waals surface area (Å²) in [6.07, 6.45) is 0. The van der Waals surface area contributed by atoms with E-state index < -0.39 is 5.82 Å². The maximum absolute atomic E-state index is 14.1. The number of benzene rings is 3. The lowest BCUT2D eigenvalue weighted by Gasteiger charge is -2.27. The number of rotatable bonds is 4. The maximum Gasteiger partial charge on any atom is 0.254 e. The zero-order valence-electron chi connectivity index (χ0n) is 18.5. The largest absolute Gasteiger partial charge is 0.507 e. The Morgan fingerprint density at radius 2 is 1.77 bits per heavy atom. The van der Waals surface area contributed by atoms with Crippen molar-refractivity contribution in [1.29, 1.82) is 5.41 Å². The molecule has 0 radical (unpaired) electrons. The number of morpholine rings is 1. The molecule has 3 aromatic carbocycles. The average molecular weight is 475 g/mol. The number of nitrogens with two attached hydrogens (primary N) is 1. The van der Waals surface area contributed by atoms with Crippen LogP contribution in [0, 0.1) is 11.2 Å². The molecule has 0 aliphatic carbocycles. The number of nitrogen functional groups attached to an aromatic ring is 1. The van der Waals surface area contributed by atoms with Crippen LogP contribution in [0.25, 0.3) is 33.5 Å². The second kappa shape index (κ2) is 8.73. The van der Waals surface area contributed by atoms with Crippen molar-refractivity contribution in [2.45, 2.75) is 0 Å². The summed E-state index contributed by atoms with van der Waals surface area (Å²) >= 11 is 0. The Labute approximate surface area is 199 Å². The number of hydrogen-bond donors (Lipinski definition) is 5. The number of nitrogens with one attached hydrogen (secondary N) is 2. The van der Waals surface area contributed by atoms with Crippen LogP contribution in [0.4, 0.5) is 4.39 Å². The third-order valence-electron chi connectivity index (χ3n) is 5.95. The number of ether oxygens (including phenoxy) is 1. The molecule has 0 saturated carbocycles. The molecule has 6 N–H and O–H groups in total. The van der Waals surface area contributed by atoms with Crippen molar-refractivity contribution in [2.24, 2.45) is 5.73 Å². The first-order valence-corrected chi connectivity index (χ1v) is 10.9. The topological polar surface area (TPSA) is 149 Å². The molecule has 5 rings (SSSR count). The molecule has 10 heteroatoms. The van der Waals surface area contributed by atoms with Gasteiger partial charge in [-0.05, 0) is 48.5 Å². The molecule has 0 bridgehead atoms. The molecule has 35 heavy (non-hydrogen) atoms. The molecule has 1 aliphatic heterocycles. The zero-order valence-corrected chi connectivity index (χ0v) is 18.5. The van der Waals surface area contributed by atoms with E-state index in [1.165, 1.54) is 18.2 Å². The van der Waals surface area contributed by atoms with Crippen molar-refractivity contribution in [2.75, 3.05) is 26.3 Å². The van der Waals surface area contributed by atoms with Gasteiger partial charge in [-0.25, -0.2) is 9.37 Å². The molecule has 1 amide bonds. The van der Waals surface area contributed by atoms with Gasteiger partial charge in [0.05, 0.1) is 29.8 Å². The van der Waals surface area contributed by atoms with E-state index in [-0.39, 0.29) is 51.3 Å². The zero-order chi connectivity index (χ0) is 24.7. The number of nitrogens with zero attached hydrogens (tertiary/aromatic N) is 2. The van der Waals surface area contributed by atoms with E-state index in [1.807, 2.05) is 0 Å². The second-order valence-electron chi connectivity index (χ2n) is 8.22. The van der Waals surface area contributed by atoms with E-state index in [9.17, 15) is 19.4 Å². The fraction of sp³-hybridized carbons (Fsp3) is 0.160. The van der Waals surface area contributed by atoms with Crippen molar-refractivity contribution in [3.8, 4) is 34.0 Å². The molecule has 2 heterocycles. The number of imidazole rings is 1. The number of amidine groups is 1. The molecule has 1 aliphatic rings. The van der Waals surface area contributed by atoms with E-state index in [0.717, 1.165) is 12.1 Å². The minimum absolute atomic E-state index is 0.0374. The summed E-state index contributed by atoms with van der Waals surface area (Å²) in [5, 5.41) is 29.3. The van der Waals surface area contributed by atoms with E-state index in [4.69, 9.17) is 15.9 Å². The van der Waals surface area contributed by atoms with E-state index in [2.05, 4.69) is 9.97 Å². The Bertz CT molecular complexity index is 1480. The Balaban J connectivity index is 1.70. The normalized spacial score (nSPS) is 13.8. The predicted octanol–water partition coefficient (Wildman–Crippen LogP) is 3.20. The second-order valence-corrected chi connectivity index (χ2v) is 8.22. The fourth-order valence-corrected chi connectivity index (χ4v) is 4.12. The number of halogens is 1. The Morgan fingerprint density at radius 3 is 2.51 bits per heavy atom. The average Bonchev–Trinajstić information content (AvgIpc) is 3.29. The van der Waals surface area contributed by atoms with Crippen LogP contribution in [-0.2, 0) is 4.74 Å². The van der Waals surface area contributed by atoms with E-state index in [1.54, 1.807) is 23.1 Å². The summed E-state index contributed by atoms with van der Waals surface area (Å²) < 4.78 is 19.4. The number of phenols is 2. The van der Waals surface area contributed by atoms with E-state index in [0.29, 0.717) is 42.9 Å². The van der Waals surface area contributed by atoms with Gasteiger partial charge < -0.3 is 30.6 Å². The highest BCUT2D eigenvalue weighted by Gasteiger charge is 2.24. The molecule has 1 saturated heterocycles. The third-order valence-corrected chi connectivity index (χ3v) is 5.95. The van der Waals surface area contributed by atoms with Crippen molar-refractivity contribution >= 4 is 22.8 Å². The number of hydrogen-bond acceptors (Lipinski definition) is 6. The molecule has 0 spiro atoms. The summed E-state index contributed by atoms with van der Waals surface area (Å²) in [5.41, 5.74) is 7.78. The van der Waals surface area contributed by atoms with Gasteiger partial charge in [0.1, 0.15) is 29.0 Å². The summed E-state index contributed by atoms with van der Waals surface area (Å²) in [7, 11) is 0. The highest BCUT2D eigenvalue weighted by atomic mass is 19.1. The molecule has 1 fully saturated rings. The molecule has 178 valence electrons. The minimum Gasteiger partial charge on any atom is -0.507 e. The molecular formula is C25H22FN5O4. The van der Waals surface area contributed by atoms with Crippen molar-refractivity contribution in [3.05, 3.63) is 65.5 Å². The highest BCUT2D eigenvalue weighted by molar-refractivity contribution is 6.00. The SMILES string of the molecule is N=C(N)c1ccc2nc(-c3cc(C(=O)N4CCOCC4)cc(-c4cc(F)ccc4O)c3O)[nH]c2c1. The van der Waals surface area contributed by atoms with Gasteiger partial charge >= 0.3 is 0 Å². The van der Waals surface area contributed by atoms with Gasteiger partial charge in [-0.2, -0.15) is 0 Å². The Kier molecular flexibility index (Phi) is 5.58. The lowest BCUT2D eigenvalue weighted by molar-refractivity contribution is 0.0303. The van der Waals surface area contributed by atoms with Crippen LogP contribution >= 0.6 is 0 Å². The van der Waals surface area contributed by atoms with E-state index >= 15 is 0 Å². The highest BCUT2D eigenvalue weighted by Crippen LogP contribution is 2.42. The standard InChI is InChI=1S/C25H22FN5O4/c26-15-2-4-21(32)16(12-15)17-9-14(25(34)31-5-7-35-8-6-31)10-18(22(17)33)24-29-19-3-1-13(23(27)28)11-20(19)30-24/h1-4,9-12,32-33H,5-8H2,(H3,27,28)(H,29,30). The smallest absolute Gasteiger partial charge is 0.254 e. The van der Waals surface area contributed by atoms with Gasteiger partial charge in [0.15, 0.2) is 0 Å². The first-order valence-electron chi connectivity index (χ1n) is 10.9. The number of phenolic OH excluding ortho intramolecular Hbond substituents is 2. The minimum atomic E-state index is -0.607. The van der Waals surface area contributed by atoms with Crippen LogP contribution in [0.2, 0.25) is 0 Å². The van der Waals surface area contributed by atoms with Crippen LogP contribution in [0.3, 0.4) is 0 Å². The van der Waals surface area contributed by atoms with Crippen molar-refractivity contribution in [1.82, 2.24) is 14.9 Å². The summed E-state index contributed by atoms with van der Waals surface area (Å²) in [5.74, 6) is -1.28. The number of carbonyl (C=O) groups is 1. The van der Waals surface area contributed by atoms with Gasteiger partial charge in [0, 0.05) is 35.3 Å². The predicted molar refractivity (Wildman–Crippen MR) is 128 cm³/mol. The van der Waals surface area contributed by atoms with Gasteiger partial charge in [-0.1, -0.05) is 0 Å². The number of fused-ring (bicyclic) bond motifs is 1. The maximum atomic E-state index is 14.1. The number of H-pyrrole nitrogens is 1. The molecule has 9 nitrogen and oxygen atoms in total. The number of aromatic amines is 1. The van der Waals surface area contributed by atoms with Crippen LogP contribution in [0.1, 0.15) is 15.9 Å². The van der Waals surface area contributed by atoms with Crippen LogP contribution < -0.4 is 5.73 Å². The quantitative estimate of drug-likeness (QED) is 0.226. The summed E-state index contributed by atoms with van der Waals surface area (Å²) in [6.45, 7) is 1.65. The lowest BCUT2D eigenvalue weighted by atomic mass is 9.96. The summed E-state index contributed by atoms with van der Waals surface area (Å²) in [6, 6.07) is 11.3. The number of amides is 1. The van der Waals surface area contributed by atoms with Gasteiger partial charge in [0.2, 0.25) is 0 Å². The van der Waals surface area contributed by atoms with Crippen LogP contribution in [0.15, 0.2) is 48.5 Å². The van der Waals surface area contributed by atoms with Crippen LogP contribution in [-0.4, -0.2) is 63.1 Å². The Morgan fingerprint density at radius 1 is 1.03 bits per heavy atom. The molecule has 0 unspecified atom stereocenters. The fourth-order valence-electron chi connectivity index (χ4n) is 4.12. The summed E-state index contributed by atoms with van der Waals surface area (Å²) in [4.78, 5) is 22.6. The van der Waals surface area contributed by atoms with Gasteiger partial charge in [-0.15, -0.1) is 0 Å². The third kappa shape index (κ3) is 4.15. The number of aromatic hydroxyl groups is 2. The first-order chi connectivity index (χ1) is 16.8. The molecule has 0 atom stereocenters. The van der Waals surface area contributed by atoms with Crippen LogP contribution in [0.5, 0.6) is 11.5 Å². The molecule has 1 aromatic heterocycles. The molecule has 4 aromatic rings. The van der Waals surface area contributed by atoms with Crippen molar-refractivity contribution in [3.63, 3.8) is 0 Å². The number of aromatic nitrogens is 2. The Hall–Kier alpha value is -4.44. The monoisotopic (exact) mass is 475 g/mol. The molecular weight excluding hydrogens is 453 g/mol. The van der Waals surface area contributed by atoms with Gasteiger partial charge in [0.25, 0.3) is 5.91 Å². The van der Waals surface area contributed by atoms with Crippen molar-refractivity contribution < 1.29 is 24.1 Å².